The number of nitrogens with zero attached hydrogens (tertiary/aromatic N) is 1. The molecule has 0 heterocycles. The zero-order chi connectivity index (χ0) is 15.5. The van der Waals surface area contributed by atoms with E-state index in [1.54, 1.807) is 19.2 Å². The molecule has 0 saturated carbocycles. The van der Waals surface area contributed by atoms with Gasteiger partial charge in [0.2, 0.25) is 0 Å². The average molecular weight is 295 g/mol. The monoisotopic (exact) mass is 295 g/mol. The highest BCUT2D eigenvalue weighted by Gasteiger charge is 2.06. The Morgan fingerprint density at radius 2 is 1.68 bits per heavy atom. The first kappa shape index (κ1) is 13.9. The second-order valence-corrected chi connectivity index (χ2v) is 4.70. The van der Waals surface area contributed by atoms with Crippen LogP contribution in [0.2, 0.25) is 0 Å². The minimum absolute atomic E-state index is 0.0376. The van der Waals surface area contributed by atoms with Crippen molar-refractivity contribution in [1.29, 1.82) is 0 Å². The Morgan fingerprint density at radius 1 is 0.955 bits per heavy atom. The van der Waals surface area contributed by atoms with Gasteiger partial charge in [0, 0.05) is 17.5 Å². The Bertz CT molecular complexity index is 828. The quantitative estimate of drug-likeness (QED) is 0.523. The van der Waals surface area contributed by atoms with Gasteiger partial charge in [-0.05, 0) is 41.8 Å². The van der Waals surface area contributed by atoms with Crippen molar-refractivity contribution < 1.29 is 14.4 Å². The molecular formula is C17H13NO4. The number of methoxy groups -OCH3 is 1. The van der Waals surface area contributed by atoms with E-state index in [1.165, 1.54) is 12.1 Å². The fourth-order valence-electron chi connectivity index (χ4n) is 2.25. The molecule has 0 aliphatic heterocycles. The van der Waals surface area contributed by atoms with Crippen LogP contribution in [-0.4, -0.2) is 12.0 Å². The summed E-state index contributed by atoms with van der Waals surface area (Å²) in [6, 6.07) is 17.4. The van der Waals surface area contributed by atoms with Crippen molar-refractivity contribution in [2.45, 2.75) is 0 Å². The molecule has 0 atom stereocenters. The van der Waals surface area contributed by atoms with E-state index >= 15 is 0 Å². The van der Waals surface area contributed by atoms with E-state index < -0.39 is 4.92 Å². The van der Waals surface area contributed by atoms with E-state index in [-0.39, 0.29) is 5.69 Å². The molecule has 3 aromatic carbocycles. The van der Waals surface area contributed by atoms with Crippen molar-refractivity contribution in [2.24, 2.45) is 0 Å². The molecule has 5 nitrogen and oxygen atoms in total. The summed E-state index contributed by atoms with van der Waals surface area (Å²) >= 11 is 0. The van der Waals surface area contributed by atoms with Crippen molar-refractivity contribution in [2.75, 3.05) is 7.11 Å². The lowest BCUT2D eigenvalue weighted by Gasteiger charge is -2.09. The molecule has 0 spiro atoms. The van der Waals surface area contributed by atoms with Crippen LogP contribution in [0.1, 0.15) is 0 Å². The van der Waals surface area contributed by atoms with Crippen LogP contribution >= 0.6 is 0 Å². The van der Waals surface area contributed by atoms with Gasteiger partial charge in [-0.25, -0.2) is 0 Å². The van der Waals surface area contributed by atoms with Gasteiger partial charge < -0.3 is 9.47 Å². The zero-order valence-corrected chi connectivity index (χ0v) is 11.9. The first-order valence-corrected chi connectivity index (χ1v) is 6.66. The summed E-state index contributed by atoms with van der Waals surface area (Å²) in [7, 11) is 1.63. The smallest absolute Gasteiger partial charge is 0.269 e. The SMILES string of the molecule is COc1cccc2cc(Oc3ccc([N+](=O)[O-])cc3)ccc12. The number of nitro benzene ring substituents is 1. The number of hydrogen-bond donors (Lipinski definition) is 0. The third kappa shape index (κ3) is 2.69. The van der Waals surface area contributed by atoms with Crippen molar-refractivity contribution in [3.05, 3.63) is 70.8 Å². The minimum Gasteiger partial charge on any atom is -0.496 e. The number of hydrogen-bond acceptors (Lipinski definition) is 4. The van der Waals surface area contributed by atoms with E-state index in [2.05, 4.69) is 0 Å². The summed E-state index contributed by atoms with van der Waals surface area (Å²) in [6.07, 6.45) is 0. The van der Waals surface area contributed by atoms with Crippen molar-refractivity contribution >= 4 is 16.5 Å². The van der Waals surface area contributed by atoms with Crippen LogP contribution in [0, 0.1) is 10.1 Å². The number of rotatable bonds is 4. The third-order valence-corrected chi connectivity index (χ3v) is 3.32. The predicted octanol–water partition coefficient (Wildman–Crippen LogP) is 4.55. The van der Waals surface area contributed by atoms with Gasteiger partial charge in [-0.3, -0.25) is 10.1 Å². The number of benzene rings is 3. The summed E-state index contributed by atoms with van der Waals surface area (Å²) in [5.74, 6) is 2.02. The molecule has 0 aromatic heterocycles. The maximum Gasteiger partial charge on any atom is 0.269 e. The molecule has 3 rings (SSSR count). The standard InChI is InChI=1S/C17H13NO4/c1-21-17-4-2-3-12-11-15(9-10-16(12)17)22-14-7-5-13(6-8-14)18(19)20/h2-11H,1H3. The molecule has 0 aliphatic carbocycles. The molecule has 3 aromatic rings. The molecule has 0 fully saturated rings. The van der Waals surface area contributed by atoms with Gasteiger partial charge >= 0.3 is 0 Å². The average Bonchev–Trinajstić information content (AvgIpc) is 2.54. The van der Waals surface area contributed by atoms with Gasteiger partial charge in [0.05, 0.1) is 12.0 Å². The molecule has 0 radical (unpaired) electrons. The lowest BCUT2D eigenvalue weighted by Crippen LogP contribution is -1.89. The fraction of sp³-hybridized carbons (Fsp3) is 0.0588. The Labute approximate surface area is 126 Å². The van der Waals surface area contributed by atoms with Gasteiger partial charge in [-0.2, -0.15) is 0 Å². The normalized spacial score (nSPS) is 10.4. The van der Waals surface area contributed by atoms with Crippen LogP contribution in [0.3, 0.4) is 0 Å². The summed E-state index contributed by atoms with van der Waals surface area (Å²) in [4.78, 5) is 10.2. The first-order valence-electron chi connectivity index (χ1n) is 6.66. The summed E-state index contributed by atoms with van der Waals surface area (Å²) in [5, 5.41) is 12.6. The van der Waals surface area contributed by atoms with Gasteiger partial charge in [-0.1, -0.05) is 12.1 Å². The van der Waals surface area contributed by atoms with Crippen LogP contribution < -0.4 is 9.47 Å². The number of nitro groups is 1. The topological polar surface area (TPSA) is 61.6 Å². The van der Waals surface area contributed by atoms with Crippen molar-refractivity contribution in [3.8, 4) is 17.2 Å². The van der Waals surface area contributed by atoms with Crippen molar-refractivity contribution in [1.82, 2.24) is 0 Å². The van der Waals surface area contributed by atoms with Gasteiger partial charge in [-0.15, -0.1) is 0 Å². The third-order valence-electron chi connectivity index (χ3n) is 3.32. The van der Waals surface area contributed by atoms with E-state index in [9.17, 15) is 10.1 Å². The molecule has 0 N–H and O–H groups in total. The molecule has 22 heavy (non-hydrogen) atoms. The fourth-order valence-corrected chi connectivity index (χ4v) is 2.25. The highest BCUT2D eigenvalue weighted by atomic mass is 16.6. The lowest BCUT2D eigenvalue weighted by molar-refractivity contribution is -0.384. The van der Waals surface area contributed by atoms with E-state index in [0.717, 1.165) is 16.5 Å². The second-order valence-electron chi connectivity index (χ2n) is 4.70. The molecule has 0 saturated heterocycles. The largest absolute Gasteiger partial charge is 0.496 e. The highest BCUT2D eigenvalue weighted by Crippen LogP contribution is 2.31. The summed E-state index contributed by atoms with van der Waals surface area (Å²) < 4.78 is 11.0. The maximum atomic E-state index is 10.6. The number of ether oxygens (including phenoxy) is 2. The molecule has 0 amide bonds. The Balaban J connectivity index is 1.89. The van der Waals surface area contributed by atoms with Crippen LogP contribution in [-0.2, 0) is 0 Å². The Morgan fingerprint density at radius 3 is 2.36 bits per heavy atom. The molecular weight excluding hydrogens is 282 g/mol. The zero-order valence-electron chi connectivity index (χ0n) is 11.9. The van der Waals surface area contributed by atoms with Crippen LogP contribution in [0.5, 0.6) is 17.2 Å². The highest BCUT2D eigenvalue weighted by molar-refractivity contribution is 5.89. The van der Waals surface area contributed by atoms with Gasteiger partial charge in [0.25, 0.3) is 5.69 Å². The van der Waals surface area contributed by atoms with Crippen LogP contribution in [0.15, 0.2) is 60.7 Å². The Kier molecular flexibility index (Phi) is 3.62. The molecule has 0 bridgehead atoms. The predicted molar refractivity (Wildman–Crippen MR) is 83.7 cm³/mol. The van der Waals surface area contributed by atoms with Crippen LogP contribution in [0.25, 0.3) is 10.8 Å². The van der Waals surface area contributed by atoms with E-state index in [1.807, 2.05) is 36.4 Å². The van der Waals surface area contributed by atoms with E-state index in [0.29, 0.717) is 11.5 Å². The summed E-state index contributed by atoms with van der Waals surface area (Å²) in [5.41, 5.74) is 0.0376. The minimum atomic E-state index is -0.438. The number of non-ortho nitro benzene ring substituents is 1. The van der Waals surface area contributed by atoms with E-state index in [4.69, 9.17) is 9.47 Å². The molecule has 110 valence electrons. The summed E-state index contributed by atoms with van der Waals surface area (Å²) in [6.45, 7) is 0. The van der Waals surface area contributed by atoms with Gasteiger partial charge in [0.1, 0.15) is 17.2 Å². The first-order chi connectivity index (χ1) is 10.7. The maximum absolute atomic E-state index is 10.6. The Hall–Kier alpha value is -3.08. The lowest BCUT2D eigenvalue weighted by atomic mass is 10.1. The second kappa shape index (κ2) is 5.73. The molecule has 0 unspecified atom stereocenters. The molecule has 0 aliphatic rings. The van der Waals surface area contributed by atoms with Gasteiger partial charge in [0.15, 0.2) is 0 Å². The van der Waals surface area contributed by atoms with Crippen molar-refractivity contribution in [3.63, 3.8) is 0 Å². The van der Waals surface area contributed by atoms with Crippen LogP contribution in [0.4, 0.5) is 5.69 Å². The number of fused-ring (bicyclic) bond motifs is 1. The molecule has 5 heteroatoms.